The lowest BCUT2D eigenvalue weighted by molar-refractivity contribution is -0.135. The number of carbonyl (C=O) groups is 2. The normalized spacial score (nSPS) is 16.3. The average Bonchev–Trinajstić information content (AvgIpc) is 3.15. The molecule has 1 saturated heterocycles. The molecule has 0 aliphatic carbocycles. The Hall–Kier alpha value is -3.15. The molecular weight excluding hydrogens is 400 g/mol. The van der Waals surface area contributed by atoms with Crippen LogP contribution in [0.4, 0.5) is 0 Å². The van der Waals surface area contributed by atoms with E-state index < -0.39 is 0 Å². The van der Waals surface area contributed by atoms with Gasteiger partial charge in [-0.1, -0.05) is 42.5 Å². The molecule has 1 N–H and O–H groups in total. The number of likely N-dealkylation sites (tertiary alicyclic amines) is 1. The van der Waals surface area contributed by atoms with Gasteiger partial charge in [-0.05, 0) is 50.3 Å². The van der Waals surface area contributed by atoms with E-state index >= 15 is 0 Å². The van der Waals surface area contributed by atoms with Gasteiger partial charge in [0.15, 0.2) is 0 Å². The number of hydrogen-bond donors (Lipinski definition) is 1. The van der Waals surface area contributed by atoms with Crippen molar-refractivity contribution in [1.82, 2.24) is 19.8 Å². The fourth-order valence-corrected chi connectivity index (χ4v) is 4.51. The molecule has 1 aliphatic rings. The van der Waals surface area contributed by atoms with Gasteiger partial charge in [0.05, 0.1) is 17.5 Å². The molecule has 0 spiro atoms. The third-order valence-corrected chi connectivity index (χ3v) is 6.26. The molecule has 1 unspecified atom stereocenters. The second-order valence-electron chi connectivity index (χ2n) is 8.65. The van der Waals surface area contributed by atoms with Crippen LogP contribution in [0.5, 0.6) is 0 Å². The molecule has 6 heteroatoms. The summed E-state index contributed by atoms with van der Waals surface area (Å²) in [6.07, 6.45) is 5.23. The molecule has 3 aromatic rings. The second-order valence-corrected chi connectivity index (χ2v) is 8.65. The maximum absolute atomic E-state index is 13.1. The zero-order valence-corrected chi connectivity index (χ0v) is 18.8. The van der Waals surface area contributed by atoms with Crippen molar-refractivity contribution in [2.75, 3.05) is 13.1 Å². The number of hydrogen-bond acceptors (Lipinski definition) is 3. The summed E-state index contributed by atoms with van der Waals surface area (Å²) in [6.45, 7) is 3.89. The zero-order chi connectivity index (χ0) is 22.3. The summed E-state index contributed by atoms with van der Waals surface area (Å²) in [6, 6.07) is 18.0. The van der Waals surface area contributed by atoms with Crippen LogP contribution >= 0.6 is 0 Å². The first-order valence-electron chi connectivity index (χ1n) is 11.7. The van der Waals surface area contributed by atoms with Gasteiger partial charge >= 0.3 is 0 Å². The van der Waals surface area contributed by atoms with Crippen LogP contribution < -0.4 is 5.32 Å². The van der Waals surface area contributed by atoms with E-state index in [4.69, 9.17) is 4.98 Å². The van der Waals surface area contributed by atoms with E-state index in [-0.39, 0.29) is 11.8 Å². The van der Waals surface area contributed by atoms with Crippen LogP contribution in [0.15, 0.2) is 54.6 Å². The summed E-state index contributed by atoms with van der Waals surface area (Å²) in [5.41, 5.74) is 2.92. The van der Waals surface area contributed by atoms with E-state index in [2.05, 4.69) is 16.8 Å². The zero-order valence-electron chi connectivity index (χ0n) is 18.8. The Kier molecular flexibility index (Phi) is 7.20. The molecule has 0 saturated carbocycles. The van der Waals surface area contributed by atoms with Crippen molar-refractivity contribution < 1.29 is 9.59 Å². The Morgan fingerprint density at radius 3 is 2.66 bits per heavy atom. The Morgan fingerprint density at radius 2 is 1.84 bits per heavy atom. The van der Waals surface area contributed by atoms with Gasteiger partial charge < -0.3 is 14.8 Å². The number of fused-ring (bicyclic) bond motifs is 1. The molecule has 1 atom stereocenters. The monoisotopic (exact) mass is 432 g/mol. The number of imidazole rings is 1. The molecule has 0 radical (unpaired) electrons. The van der Waals surface area contributed by atoms with Gasteiger partial charge in [-0.15, -0.1) is 0 Å². The van der Waals surface area contributed by atoms with Gasteiger partial charge in [-0.25, -0.2) is 4.98 Å². The molecule has 32 heavy (non-hydrogen) atoms. The lowest BCUT2D eigenvalue weighted by Crippen LogP contribution is -2.43. The predicted molar refractivity (Wildman–Crippen MR) is 126 cm³/mol. The minimum Gasteiger partial charge on any atom is -0.356 e. The molecule has 2 heterocycles. The third-order valence-electron chi connectivity index (χ3n) is 6.26. The lowest BCUT2D eigenvalue weighted by Gasteiger charge is -2.33. The van der Waals surface area contributed by atoms with Crippen molar-refractivity contribution in [3.63, 3.8) is 0 Å². The molecule has 1 aliphatic heterocycles. The number of carbonyl (C=O) groups excluding carboxylic acids is 2. The number of nitrogens with one attached hydrogen (secondary N) is 1. The largest absolute Gasteiger partial charge is 0.356 e. The van der Waals surface area contributed by atoms with Crippen molar-refractivity contribution in [2.24, 2.45) is 0 Å². The fourth-order valence-electron chi connectivity index (χ4n) is 4.51. The van der Waals surface area contributed by atoms with Gasteiger partial charge in [0.25, 0.3) is 0 Å². The van der Waals surface area contributed by atoms with E-state index in [1.807, 2.05) is 59.5 Å². The molecule has 4 rings (SSSR count). The van der Waals surface area contributed by atoms with Crippen molar-refractivity contribution in [2.45, 2.75) is 58.0 Å². The van der Waals surface area contributed by atoms with Crippen LogP contribution in [0.25, 0.3) is 11.0 Å². The molecular formula is C26H32N4O2. The van der Waals surface area contributed by atoms with Gasteiger partial charge in [-0.3, -0.25) is 9.59 Å². The van der Waals surface area contributed by atoms with Crippen LogP contribution in [0, 0.1) is 0 Å². The lowest BCUT2D eigenvalue weighted by atomic mass is 10.0. The van der Waals surface area contributed by atoms with Crippen molar-refractivity contribution in [3.05, 3.63) is 66.0 Å². The standard InChI is InChI=1S/C26H32N4O2/c1-20-10-7-8-17-29(20)26(32)19-30-23-14-6-5-13-22(23)28-24(30)15-9-16-27-25(31)18-21-11-3-2-4-12-21/h2-6,11-14,20H,7-10,15-19H2,1H3,(H,27,31). The average molecular weight is 433 g/mol. The summed E-state index contributed by atoms with van der Waals surface area (Å²) < 4.78 is 2.06. The van der Waals surface area contributed by atoms with Crippen LogP contribution in [0.2, 0.25) is 0 Å². The number of aromatic nitrogens is 2. The quantitative estimate of drug-likeness (QED) is 0.552. The Morgan fingerprint density at radius 1 is 1.06 bits per heavy atom. The first kappa shape index (κ1) is 22.1. The summed E-state index contributed by atoms with van der Waals surface area (Å²) in [5.74, 6) is 1.10. The number of para-hydroxylation sites is 2. The maximum Gasteiger partial charge on any atom is 0.242 e. The van der Waals surface area contributed by atoms with Gasteiger partial charge in [0.1, 0.15) is 12.4 Å². The van der Waals surface area contributed by atoms with Crippen LogP contribution in [-0.4, -0.2) is 45.4 Å². The highest BCUT2D eigenvalue weighted by atomic mass is 16.2. The maximum atomic E-state index is 13.1. The number of amides is 2. The Balaban J connectivity index is 1.38. The summed E-state index contributed by atoms with van der Waals surface area (Å²) in [7, 11) is 0. The molecule has 168 valence electrons. The Labute approximate surface area is 189 Å². The van der Waals surface area contributed by atoms with E-state index in [9.17, 15) is 9.59 Å². The minimum absolute atomic E-state index is 0.0268. The summed E-state index contributed by atoms with van der Waals surface area (Å²) in [5, 5.41) is 3.00. The van der Waals surface area contributed by atoms with E-state index in [0.29, 0.717) is 32.0 Å². The first-order chi connectivity index (χ1) is 15.6. The van der Waals surface area contributed by atoms with Crippen LogP contribution in [0.3, 0.4) is 0 Å². The number of benzene rings is 2. The summed E-state index contributed by atoms with van der Waals surface area (Å²) in [4.78, 5) is 32.1. The van der Waals surface area contributed by atoms with Gasteiger partial charge in [0, 0.05) is 25.6 Å². The van der Waals surface area contributed by atoms with Crippen LogP contribution in [-0.2, 0) is 29.0 Å². The molecule has 2 amide bonds. The Bertz CT molecular complexity index is 1060. The van der Waals surface area contributed by atoms with E-state index in [1.54, 1.807) is 0 Å². The van der Waals surface area contributed by atoms with Gasteiger partial charge in [-0.2, -0.15) is 0 Å². The highest BCUT2D eigenvalue weighted by molar-refractivity contribution is 5.81. The van der Waals surface area contributed by atoms with Crippen molar-refractivity contribution in [3.8, 4) is 0 Å². The predicted octanol–water partition coefficient (Wildman–Crippen LogP) is 3.73. The first-order valence-corrected chi connectivity index (χ1v) is 11.7. The topological polar surface area (TPSA) is 67.2 Å². The van der Waals surface area contributed by atoms with Gasteiger partial charge in [0.2, 0.25) is 11.8 Å². The van der Waals surface area contributed by atoms with Crippen LogP contribution in [0.1, 0.15) is 44.0 Å². The number of rotatable bonds is 8. The van der Waals surface area contributed by atoms with Crippen molar-refractivity contribution >= 4 is 22.8 Å². The second kappa shape index (κ2) is 10.4. The third kappa shape index (κ3) is 5.36. The number of aryl methyl sites for hydroxylation is 1. The number of nitrogens with zero attached hydrogens (tertiary/aromatic N) is 3. The molecule has 6 nitrogen and oxygen atoms in total. The smallest absolute Gasteiger partial charge is 0.242 e. The SMILES string of the molecule is CC1CCCCN1C(=O)Cn1c(CCCNC(=O)Cc2ccccc2)nc2ccccc21. The van der Waals surface area contributed by atoms with E-state index in [0.717, 1.165) is 48.2 Å². The highest BCUT2D eigenvalue weighted by Gasteiger charge is 2.24. The molecule has 1 aromatic heterocycles. The van der Waals surface area contributed by atoms with Crippen molar-refractivity contribution in [1.29, 1.82) is 0 Å². The van der Waals surface area contributed by atoms with E-state index in [1.165, 1.54) is 6.42 Å². The highest BCUT2D eigenvalue weighted by Crippen LogP contribution is 2.20. The minimum atomic E-state index is 0.0268. The number of piperidine rings is 1. The summed E-state index contributed by atoms with van der Waals surface area (Å²) >= 11 is 0. The molecule has 0 bridgehead atoms. The molecule has 2 aromatic carbocycles. The fraction of sp³-hybridized carbons (Fsp3) is 0.423. The molecule has 1 fully saturated rings.